The second kappa shape index (κ2) is 4.69. The zero-order chi connectivity index (χ0) is 12.3. The van der Waals surface area contributed by atoms with Crippen LogP contribution in [0.25, 0.3) is 11.3 Å². The number of aromatic nitrogens is 1. The Kier molecular flexibility index (Phi) is 3.09. The number of benzene rings is 1. The molecule has 0 aliphatic carbocycles. The van der Waals surface area contributed by atoms with Crippen LogP contribution >= 0.6 is 0 Å². The summed E-state index contributed by atoms with van der Waals surface area (Å²) in [5.74, 6) is -0.144. The van der Waals surface area contributed by atoms with Gasteiger partial charge in [0.05, 0.1) is 6.61 Å². The Morgan fingerprint density at radius 2 is 2.12 bits per heavy atom. The number of carbonyl (C=O) groups excluding carboxylic acids is 1. The molecule has 1 aromatic heterocycles. The van der Waals surface area contributed by atoms with Gasteiger partial charge < -0.3 is 15.0 Å². The molecule has 2 aromatic rings. The molecule has 5 heteroatoms. The Bertz CT molecular complexity index is 520. The fourth-order valence-electron chi connectivity index (χ4n) is 1.49. The minimum Gasteiger partial charge on any atom is -0.462 e. The zero-order valence-electron chi connectivity index (χ0n) is 9.34. The Morgan fingerprint density at radius 1 is 1.41 bits per heavy atom. The van der Waals surface area contributed by atoms with E-state index >= 15 is 0 Å². The van der Waals surface area contributed by atoms with E-state index in [0.29, 0.717) is 5.76 Å². The first-order chi connectivity index (χ1) is 8.24. The van der Waals surface area contributed by atoms with Crippen LogP contribution in [0.1, 0.15) is 17.3 Å². The molecule has 0 aliphatic rings. The van der Waals surface area contributed by atoms with Crippen LogP contribution in [0.3, 0.4) is 0 Å². The predicted octanol–water partition coefficient (Wildman–Crippen LogP) is 2.10. The van der Waals surface area contributed by atoms with Crippen LogP contribution in [0.2, 0.25) is 0 Å². The summed E-state index contributed by atoms with van der Waals surface area (Å²) in [5, 5.41) is 3.60. The number of anilines is 1. The third kappa shape index (κ3) is 2.13. The largest absolute Gasteiger partial charge is 0.462 e. The maximum absolute atomic E-state index is 11.7. The number of nitrogen functional groups attached to an aromatic ring is 1. The average molecular weight is 232 g/mol. The van der Waals surface area contributed by atoms with Crippen LogP contribution in [-0.4, -0.2) is 17.7 Å². The normalized spacial score (nSPS) is 10.2. The number of nitrogens with zero attached hydrogens (tertiary/aromatic N) is 1. The SMILES string of the molecule is CCOC(=O)c1c(N)noc1-c1ccccc1. The lowest BCUT2D eigenvalue weighted by molar-refractivity contribution is 0.0528. The van der Waals surface area contributed by atoms with Crippen molar-refractivity contribution in [2.75, 3.05) is 12.3 Å². The summed E-state index contributed by atoms with van der Waals surface area (Å²) in [5.41, 5.74) is 6.52. The van der Waals surface area contributed by atoms with Gasteiger partial charge in [-0.2, -0.15) is 0 Å². The van der Waals surface area contributed by atoms with Gasteiger partial charge in [0.15, 0.2) is 17.1 Å². The maximum atomic E-state index is 11.7. The van der Waals surface area contributed by atoms with E-state index in [2.05, 4.69) is 5.16 Å². The fraction of sp³-hybridized carbons (Fsp3) is 0.167. The highest BCUT2D eigenvalue weighted by Gasteiger charge is 2.23. The van der Waals surface area contributed by atoms with Crippen molar-refractivity contribution in [3.63, 3.8) is 0 Å². The number of hydrogen-bond donors (Lipinski definition) is 1. The number of rotatable bonds is 3. The molecule has 0 amide bonds. The van der Waals surface area contributed by atoms with Gasteiger partial charge >= 0.3 is 5.97 Å². The van der Waals surface area contributed by atoms with E-state index in [0.717, 1.165) is 5.56 Å². The molecule has 1 heterocycles. The topological polar surface area (TPSA) is 78.4 Å². The van der Waals surface area contributed by atoms with Gasteiger partial charge in [0, 0.05) is 5.56 Å². The fourth-order valence-corrected chi connectivity index (χ4v) is 1.49. The molecule has 0 radical (unpaired) electrons. The summed E-state index contributed by atoms with van der Waals surface area (Å²) in [4.78, 5) is 11.7. The van der Waals surface area contributed by atoms with Crippen LogP contribution in [0.15, 0.2) is 34.9 Å². The van der Waals surface area contributed by atoms with Crippen LogP contribution in [-0.2, 0) is 4.74 Å². The van der Waals surface area contributed by atoms with E-state index in [-0.39, 0.29) is 18.0 Å². The molecule has 0 spiro atoms. The van der Waals surface area contributed by atoms with Crippen molar-refractivity contribution in [2.24, 2.45) is 0 Å². The van der Waals surface area contributed by atoms with Crippen molar-refractivity contribution >= 4 is 11.8 Å². The lowest BCUT2D eigenvalue weighted by atomic mass is 10.1. The first kappa shape index (κ1) is 11.2. The summed E-state index contributed by atoms with van der Waals surface area (Å²) < 4.78 is 9.98. The summed E-state index contributed by atoms with van der Waals surface area (Å²) >= 11 is 0. The van der Waals surface area contributed by atoms with Crippen molar-refractivity contribution in [3.05, 3.63) is 35.9 Å². The summed E-state index contributed by atoms with van der Waals surface area (Å²) in [6, 6.07) is 9.16. The van der Waals surface area contributed by atoms with E-state index in [4.69, 9.17) is 15.0 Å². The minimum absolute atomic E-state index is 0.0438. The Labute approximate surface area is 98.2 Å². The Balaban J connectivity index is 2.46. The van der Waals surface area contributed by atoms with Crippen molar-refractivity contribution in [1.82, 2.24) is 5.16 Å². The smallest absolute Gasteiger partial charge is 0.346 e. The van der Waals surface area contributed by atoms with E-state index in [1.165, 1.54) is 0 Å². The average Bonchev–Trinajstić information content (AvgIpc) is 2.73. The van der Waals surface area contributed by atoms with Gasteiger partial charge in [-0.05, 0) is 6.92 Å². The highest BCUT2D eigenvalue weighted by molar-refractivity contribution is 6.00. The van der Waals surface area contributed by atoms with Crippen molar-refractivity contribution in [3.8, 4) is 11.3 Å². The van der Waals surface area contributed by atoms with Gasteiger partial charge in [-0.1, -0.05) is 35.5 Å². The summed E-state index contributed by atoms with van der Waals surface area (Å²) in [7, 11) is 0. The standard InChI is InChI=1S/C12H12N2O3/c1-2-16-12(15)9-10(17-14-11(9)13)8-6-4-3-5-7-8/h3-7H,2H2,1H3,(H2,13,14). The van der Waals surface area contributed by atoms with Gasteiger partial charge in [0.2, 0.25) is 0 Å². The van der Waals surface area contributed by atoms with Crippen LogP contribution < -0.4 is 5.73 Å². The number of ether oxygens (including phenoxy) is 1. The molecule has 5 nitrogen and oxygen atoms in total. The van der Waals surface area contributed by atoms with E-state index < -0.39 is 5.97 Å². The van der Waals surface area contributed by atoms with Gasteiger partial charge in [-0.3, -0.25) is 0 Å². The molecule has 0 unspecified atom stereocenters. The second-order valence-electron chi connectivity index (χ2n) is 3.36. The number of carbonyl (C=O) groups is 1. The van der Waals surface area contributed by atoms with Gasteiger partial charge in [0.1, 0.15) is 0 Å². The molecule has 0 atom stereocenters. The number of nitrogens with two attached hydrogens (primary N) is 1. The van der Waals surface area contributed by atoms with Crippen LogP contribution in [0.4, 0.5) is 5.82 Å². The van der Waals surface area contributed by atoms with Gasteiger partial charge in [-0.15, -0.1) is 0 Å². The number of esters is 1. The van der Waals surface area contributed by atoms with Gasteiger partial charge in [0.25, 0.3) is 0 Å². The monoisotopic (exact) mass is 232 g/mol. The molecule has 0 aliphatic heterocycles. The van der Waals surface area contributed by atoms with E-state index in [9.17, 15) is 4.79 Å². The molecular formula is C12H12N2O3. The third-order valence-corrected chi connectivity index (χ3v) is 2.23. The predicted molar refractivity (Wildman–Crippen MR) is 62.3 cm³/mol. The van der Waals surface area contributed by atoms with Crippen molar-refractivity contribution < 1.29 is 14.1 Å². The van der Waals surface area contributed by atoms with Crippen LogP contribution in [0, 0.1) is 0 Å². The zero-order valence-corrected chi connectivity index (χ0v) is 9.34. The Hall–Kier alpha value is -2.30. The van der Waals surface area contributed by atoms with Crippen molar-refractivity contribution in [2.45, 2.75) is 6.92 Å². The van der Waals surface area contributed by atoms with E-state index in [1.54, 1.807) is 6.92 Å². The molecule has 0 saturated heterocycles. The first-order valence-corrected chi connectivity index (χ1v) is 5.21. The Morgan fingerprint density at radius 3 is 2.76 bits per heavy atom. The maximum Gasteiger partial charge on any atom is 0.346 e. The van der Waals surface area contributed by atoms with Gasteiger partial charge in [-0.25, -0.2) is 4.79 Å². The second-order valence-corrected chi connectivity index (χ2v) is 3.36. The molecule has 2 rings (SSSR count). The molecule has 17 heavy (non-hydrogen) atoms. The molecule has 0 fully saturated rings. The summed E-state index contributed by atoms with van der Waals surface area (Å²) in [6.45, 7) is 2.00. The number of hydrogen-bond acceptors (Lipinski definition) is 5. The van der Waals surface area contributed by atoms with Crippen LogP contribution in [0.5, 0.6) is 0 Å². The molecule has 0 bridgehead atoms. The summed E-state index contributed by atoms with van der Waals surface area (Å²) in [6.07, 6.45) is 0. The molecule has 1 aromatic carbocycles. The molecule has 88 valence electrons. The quantitative estimate of drug-likeness (QED) is 0.820. The first-order valence-electron chi connectivity index (χ1n) is 5.21. The lowest BCUT2D eigenvalue weighted by Crippen LogP contribution is -2.07. The molecular weight excluding hydrogens is 220 g/mol. The minimum atomic E-state index is -0.523. The molecule has 0 saturated carbocycles. The highest BCUT2D eigenvalue weighted by Crippen LogP contribution is 2.28. The lowest BCUT2D eigenvalue weighted by Gasteiger charge is -2.01. The highest BCUT2D eigenvalue weighted by atomic mass is 16.5. The third-order valence-electron chi connectivity index (χ3n) is 2.23. The molecule has 2 N–H and O–H groups in total. The van der Waals surface area contributed by atoms with E-state index in [1.807, 2.05) is 30.3 Å². The van der Waals surface area contributed by atoms with Crippen molar-refractivity contribution in [1.29, 1.82) is 0 Å².